The summed E-state index contributed by atoms with van der Waals surface area (Å²) in [5.74, 6) is 0.866. The number of amides is 1. The highest BCUT2D eigenvalue weighted by Gasteiger charge is 2.42. The van der Waals surface area contributed by atoms with Crippen LogP contribution in [0.5, 0.6) is 0 Å². The lowest BCUT2D eigenvalue weighted by Gasteiger charge is -2.41. The summed E-state index contributed by atoms with van der Waals surface area (Å²) in [5, 5.41) is 0.467. The van der Waals surface area contributed by atoms with Gasteiger partial charge in [0.15, 0.2) is 5.96 Å². The summed E-state index contributed by atoms with van der Waals surface area (Å²) >= 11 is 6.82. The number of ether oxygens (including phenoxy) is 1. The van der Waals surface area contributed by atoms with Crippen LogP contribution in [0.2, 0.25) is 5.02 Å². The van der Waals surface area contributed by atoms with Crippen molar-refractivity contribution in [1.29, 1.82) is 0 Å². The van der Waals surface area contributed by atoms with E-state index in [1.807, 2.05) is 38.1 Å². The highest BCUT2D eigenvalue weighted by Crippen LogP contribution is 2.41. The fourth-order valence-electron chi connectivity index (χ4n) is 4.71. The molecule has 2 aliphatic heterocycles. The summed E-state index contributed by atoms with van der Waals surface area (Å²) in [5.41, 5.74) is 8.50. The Hall–Kier alpha value is -2.68. The van der Waals surface area contributed by atoms with Crippen LogP contribution in [0, 0.1) is 0 Å². The lowest BCUT2D eigenvalue weighted by atomic mass is 9.86. The van der Waals surface area contributed by atoms with E-state index in [0.29, 0.717) is 23.0 Å². The maximum Gasteiger partial charge on any atom is 0.232 e. The standard InChI is InChI=1S/C23H25ClN6O2.ClH/c1-13-10-15(7-9-32-13)30-18(31)11-23(2,29-22(30)25)16-5-6-17-20(19(16)24)28-21(27-17)14-4-3-8-26-12-14;/h3-6,8,12-13,15H,7,9-11H2,1-2H3,(H2,25,29)(H,27,28);1H/t13?,15?,23-;/m0./s1. The van der Waals surface area contributed by atoms with Gasteiger partial charge in [0.2, 0.25) is 5.91 Å². The van der Waals surface area contributed by atoms with Gasteiger partial charge in [0, 0.05) is 36.2 Å². The normalized spacial score (nSPS) is 25.6. The fourth-order valence-corrected chi connectivity index (χ4v) is 5.12. The van der Waals surface area contributed by atoms with Crippen LogP contribution in [0.3, 0.4) is 0 Å². The number of carbonyl (C=O) groups excluding carboxylic acids is 1. The Kier molecular flexibility index (Phi) is 6.35. The summed E-state index contributed by atoms with van der Waals surface area (Å²) in [6.07, 6.45) is 5.23. The molecule has 174 valence electrons. The Morgan fingerprint density at radius 2 is 2.15 bits per heavy atom. The maximum atomic E-state index is 13.2. The predicted molar refractivity (Wildman–Crippen MR) is 130 cm³/mol. The van der Waals surface area contributed by atoms with Gasteiger partial charge in [-0.3, -0.25) is 14.7 Å². The second-order valence-electron chi connectivity index (χ2n) is 8.69. The molecule has 2 unspecified atom stereocenters. The van der Waals surface area contributed by atoms with Gasteiger partial charge < -0.3 is 15.5 Å². The van der Waals surface area contributed by atoms with Gasteiger partial charge in [0.25, 0.3) is 0 Å². The van der Waals surface area contributed by atoms with E-state index in [9.17, 15) is 4.79 Å². The number of benzene rings is 1. The number of carbonyl (C=O) groups is 1. The summed E-state index contributed by atoms with van der Waals surface area (Å²) in [6, 6.07) is 7.60. The first-order chi connectivity index (χ1) is 15.4. The van der Waals surface area contributed by atoms with Crippen LogP contribution < -0.4 is 5.73 Å². The Bertz CT molecular complexity index is 1210. The molecule has 3 N–H and O–H groups in total. The van der Waals surface area contributed by atoms with Gasteiger partial charge in [0.05, 0.1) is 28.6 Å². The zero-order valence-corrected chi connectivity index (χ0v) is 20.0. The first kappa shape index (κ1) is 23.5. The van der Waals surface area contributed by atoms with Crippen molar-refractivity contribution in [2.45, 2.75) is 50.8 Å². The number of imidazole rings is 1. The molecule has 0 radical (unpaired) electrons. The van der Waals surface area contributed by atoms with Crippen LogP contribution in [0.15, 0.2) is 41.7 Å². The summed E-state index contributed by atoms with van der Waals surface area (Å²) in [6.45, 7) is 4.52. The van der Waals surface area contributed by atoms with Gasteiger partial charge in [-0.05, 0) is 44.9 Å². The number of hydrogen-bond donors (Lipinski definition) is 2. The number of hydrogen-bond acceptors (Lipinski definition) is 6. The van der Waals surface area contributed by atoms with Crippen molar-refractivity contribution in [3.63, 3.8) is 0 Å². The molecule has 3 atom stereocenters. The molecule has 0 aliphatic carbocycles. The first-order valence-electron chi connectivity index (χ1n) is 10.7. The number of nitrogens with two attached hydrogens (primary N) is 1. The van der Waals surface area contributed by atoms with Crippen LogP contribution in [-0.2, 0) is 15.1 Å². The average Bonchev–Trinajstić information content (AvgIpc) is 3.19. The summed E-state index contributed by atoms with van der Waals surface area (Å²) in [7, 11) is 0. The van der Waals surface area contributed by atoms with E-state index >= 15 is 0 Å². The van der Waals surface area contributed by atoms with Crippen molar-refractivity contribution in [3.8, 4) is 11.4 Å². The van der Waals surface area contributed by atoms with E-state index < -0.39 is 5.54 Å². The van der Waals surface area contributed by atoms with E-state index in [2.05, 4.69) is 15.0 Å². The molecule has 4 heterocycles. The smallest absolute Gasteiger partial charge is 0.232 e. The minimum Gasteiger partial charge on any atom is -0.378 e. The Morgan fingerprint density at radius 3 is 2.85 bits per heavy atom. The third-order valence-corrected chi connectivity index (χ3v) is 6.69. The number of nitrogens with zero attached hydrogens (tertiary/aromatic N) is 4. The van der Waals surface area contributed by atoms with Crippen LogP contribution in [0.25, 0.3) is 22.4 Å². The molecule has 5 rings (SSSR count). The van der Waals surface area contributed by atoms with E-state index in [0.717, 1.165) is 29.5 Å². The third-order valence-electron chi connectivity index (χ3n) is 6.30. The Balaban J connectivity index is 0.00000259. The predicted octanol–water partition coefficient (Wildman–Crippen LogP) is 4.03. The molecule has 33 heavy (non-hydrogen) atoms. The minimum atomic E-state index is -0.868. The minimum absolute atomic E-state index is 0. The van der Waals surface area contributed by atoms with Crippen molar-refractivity contribution in [3.05, 3.63) is 47.2 Å². The number of H-pyrrole nitrogens is 1. The van der Waals surface area contributed by atoms with E-state index in [1.165, 1.54) is 0 Å². The monoisotopic (exact) mass is 488 g/mol. The highest BCUT2D eigenvalue weighted by molar-refractivity contribution is 6.36. The van der Waals surface area contributed by atoms with Gasteiger partial charge in [-0.2, -0.15) is 0 Å². The highest BCUT2D eigenvalue weighted by atomic mass is 35.5. The summed E-state index contributed by atoms with van der Waals surface area (Å²) in [4.78, 5) is 31.8. The molecule has 8 nitrogen and oxygen atoms in total. The number of aromatic amines is 1. The Labute approximate surface area is 203 Å². The summed E-state index contributed by atoms with van der Waals surface area (Å²) < 4.78 is 5.62. The molecular formula is C23H26Cl2N6O2. The number of guanidine groups is 1. The van der Waals surface area contributed by atoms with Crippen molar-refractivity contribution in [2.24, 2.45) is 10.7 Å². The molecule has 3 aromatic rings. The zero-order chi connectivity index (χ0) is 22.5. The Morgan fingerprint density at radius 1 is 1.33 bits per heavy atom. The largest absolute Gasteiger partial charge is 0.378 e. The molecule has 1 amide bonds. The van der Waals surface area contributed by atoms with Crippen LogP contribution in [0.4, 0.5) is 0 Å². The van der Waals surface area contributed by atoms with E-state index in [-0.39, 0.29) is 42.8 Å². The van der Waals surface area contributed by atoms with Gasteiger partial charge in [0.1, 0.15) is 11.3 Å². The van der Waals surface area contributed by atoms with Crippen molar-refractivity contribution < 1.29 is 9.53 Å². The molecule has 1 fully saturated rings. The number of aromatic nitrogens is 3. The molecule has 10 heteroatoms. The van der Waals surface area contributed by atoms with Crippen LogP contribution in [-0.4, -0.2) is 50.5 Å². The van der Waals surface area contributed by atoms with Gasteiger partial charge in [-0.15, -0.1) is 12.4 Å². The zero-order valence-electron chi connectivity index (χ0n) is 18.4. The van der Waals surface area contributed by atoms with E-state index in [4.69, 9.17) is 27.1 Å². The second kappa shape index (κ2) is 8.93. The van der Waals surface area contributed by atoms with Crippen molar-refractivity contribution >= 4 is 46.9 Å². The molecule has 0 spiro atoms. The van der Waals surface area contributed by atoms with Crippen LogP contribution >= 0.6 is 24.0 Å². The molecule has 2 aliphatic rings. The lowest BCUT2D eigenvalue weighted by molar-refractivity contribution is -0.133. The van der Waals surface area contributed by atoms with Gasteiger partial charge in [-0.25, -0.2) is 9.98 Å². The van der Waals surface area contributed by atoms with Gasteiger partial charge in [-0.1, -0.05) is 17.7 Å². The number of nitrogens with one attached hydrogen (secondary N) is 1. The third kappa shape index (κ3) is 4.18. The topological polar surface area (TPSA) is 109 Å². The number of pyridine rings is 1. The van der Waals surface area contributed by atoms with Gasteiger partial charge >= 0.3 is 0 Å². The molecule has 2 aromatic heterocycles. The fraction of sp³-hybridized carbons (Fsp3) is 0.391. The molecule has 1 saturated heterocycles. The average molecular weight is 489 g/mol. The number of fused-ring (bicyclic) bond motifs is 1. The molecule has 1 aromatic carbocycles. The van der Waals surface area contributed by atoms with E-state index in [1.54, 1.807) is 17.3 Å². The van der Waals surface area contributed by atoms with Crippen LogP contribution in [0.1, 0.15) is 38.7 Å². The number of aliphatic imine (C=N–C) groups is 1. The molecular weight excluding hydrogens is 463 g/mol. The van der Waals surface area contributed by atoms with Crippen molar-refractivity contribution in [1.82, 2.24) is 19.9 Å². The second-order valence-corrected chi connectivity index (χ2v) is 9.07. The number of rotatable bonds is 3. The molecule has 0 saturated carbocycles. The number of halogens is 2. The molecule has 0 bridgehead atoms. The first-order valence-corrected chi connectivity index (χ1v) is 11.1. The lowest BCUT2D eigenvalue weighted by Crippen LogP contribution is -2.56. The SMILES string of the molecule is CC1CC(N2C(=O)C[C@@](C)(c3ccc4[nH]c(-c5cccnc5)nc4c3Cl)N=C2N)CCO1.Cl. The van der Waals surface area contributed by atoms with Crippen molar-refractivity contribution in [2.75, 3.05) is 6.61 Å². The quantitative estimate of drug-likeness (QED) is 0.578. The maximum absolute atomic E-state index is 13.2.